The first-order valence-corrected chi connectivity index (χ1v) is 9.49. The van der Waals surface area contributed by atoms with Crippen LogP contribution in [0.5, 0.6) is 5.75 Å². The van der Waals surface area contributed by atoms with Crippen LogP contribution in [0, 0.1) is 19.8 Å². The molecule has 0 spiro atoms. The number of phenols is 1. The standard InChI is InChI=1S/C25H28O/c1-5-17(2)14-20-15-23(21-12-8-6-10-18(21)3)25(26)24(16-20)22-13-9-7-11-19(22)4/h6-13,15-17,26H,5,14H2,1-4H3. The summed E-state index contributed by atoms with van der Waals surface area (Å²) in [5.74, 6) is 0.996. The van der Waals surface area contributed by atoms with Crippen molar-refractivity contribution in [3.63, 3.8) is 0 Å². The van der Waals surface area contributed by atoms with Crippen molar-refractivity contribution in [2.45, 2.75) is 40.5 Å². The third-order valence-corrected chi connectivity index (χ3v) is 5.32. The van der Waals surface area contributed by atoms with Crippen LogP contribution >= 0.6 is 0 Å². The Kier molecular flexibility index (Phi) is 5.46. The topological polar surface area (TPSA) is 20.2 Å². The first-order chi connectivity index (χ1) is 12.5. The number of benzene rings is 3. The monoisotopic (exact) mass is 344 g/mol. The van der Waals surface area contributed by atoms with E-state index in [4.69, 9.17) is 0 Å². The Morgan fingerprint density at radius 2 is 1.23 bits per heavy atom. The molecule has 0 heterocycles. The summed E-state index contributed by atoms with van der Waals surface area (Å²) in [5.41, 5.74) is 7.72. The molecule has 1 unspecified atom stereocenters. The van der Waals surface area contributed by atoms with E-state index in [0.29, 0.717) is 11.7 Å². The van der Waals surface area contributed by atoms with Gasteiger partial charge in [0, 0.05) is 11.1 Å². The van der Waals surface area contributed by atoms with Crippen molar-refractivity contribution < 1.29 is 5.11 Å². The number of rotatable bonds is 5. The van der Waals surface area contributed by atoms with Crippen molar-refractivity contribution in [2.24, 2.45) is 5.92 Å². The first kappa shape index (κ1) is 18.3. The minimum absolute atomic E-state index is 0.376. The smallest absolute Gasteiger partial charge is 0.131 e. The lowest BCUT2D eigenvalue weighted by molar-refractivity contribution is 0.478. The average Bonchev–Trinajstić information content (AvgIpc) is 2.64. The number of aromatic hydroxyl groups is 1. The third-order valence-electron chi connectivity index (χ3n) is 5.32. The van der Waals surface area contributed by atoms with Gasteiger partial charge < -0.3 is 5.11 Å². The van der Waals surface area contributed by atoms with E-state index in [1.54, 1.807) is 0 Å². The molecular weight excluding hydrogens is 316 g/mol. The van der Waals surface area contributed by atoms with Gasteiger partial charge >= 0.3 is 0 Å². The highest BCUT2D eigenvalue weighted by atomic mass is 16.3. The summed E-state index contributed by atoms with van der Waals surface area (Å²) in [6, 6.07) is 20.9. The van der Waals surface area contributed by atoms with Crippen LogP contribution in [-0.4, -0.2) is 5.11 Å². The Morgan fingerprint density at radius 1 is 0.769 bits per heavy atom. The molecule has 0 aromatic heterocycles. The molecule has 3 aromatic rings. The molecule has 0 saturated carbocycles. The molecular formula is C25H28O. The maximum atomic E-state index is 11.2. The molecule has 0 aliphatic carbocycles. The molecule has 0 radical (unpaired) electrons. The molecule has 1 N–H and O–H groups in total. The predicted octanol–water partition coefficient (Wildman–Crippen LogP) is 6.93. The zero-order valence-electron chi connectivity index (χ0n) is 16.2. The highest BCUT2D eigenvalue weighted by molar-refractivity contribution is 5.85. The molecule has 1 atom stereocenters. The van der Waals surface area contributed by atoms with Crippen LogP contribution < -0.4 is 0 Å². The lowest BCUT2D eigenvalue weighted by Crippen LogP contribution is -1.99. The summed E-state index contributed by atoms with van der Waals surface area (Å²) in [5, 5.41) is 11.2. The average molecular weight is 344 g/mol. The number of hydrogen-bond donors (Lipinski definition) is 1. The van der Waals surface area contributed by atoms with Crippen molar-refractivity contribution in [1.82, 2.24) is 0 Å². The van der Waals surface area contributed by atoms with E-state index < -0.39 is 0 Å². The van der Waals surface area contributed by atoms with E-state index in [9.17, 15) is 5.11 Å². The Hall–Kier alpha value is -2.54. The normalized spacial score (nSPS) is 12.2. The van der Waals surface area contributed by atoms with Crippen LogP contribution in [0.4, 0.5) is 0 Å². The van der Waals surface area contributed by atoms with E-state index in [0.717, 1.165) is 35.1 Å². The quantitative estimate of drug-likeness (QED) is 0.532. The van der Waals surface area contributed by atoms with Crippen LogP contribution in [0.25, 0.3) is 22.3 Å². The van der Waals surface area contributed by atoms with Crippen molar-refractivity contribution in [3.8, 4) is 28.0 Å². The summed E-state index contributed by atoms with van der Waals surface area (Å²) >= 11 is 0. The Labute approximate surface area is 157 Å². The number of phenolic OH excluding ortho intramolecular Hbond substituents is 1. The molecule has 3 rings (SSSR count). The van der Waals surface area contributed by atoms with Gasteiger partial charge in [-0.25, -0.2) is 0 Å². The molecule has 26 heavy (non-hydrogen) atoms. The number of aryl methyl sites for hydroxylation is 2. The molecule has 1 heteroatoms. The molecule has 0 aliphatic heterocycles. The van der Waals surface area contributed by atoms with Crippen molar-refractivity contribution in [3.05, 3.63) is 77.4 Å². The molecule has 0 fully saturated rings. The van der Waals surface area contributed by atoms with Crippen molar-refractivity contribution in [2.75, 3.05) is 0 Å². The van der Waals surface area contributed by atoms with Gasteiger partial charge in [-0.15, -0.1) is 0 Å². The van der Waals surface area contributed by atoms with Gasteiger partial charge in [0.2, 0.25) is 0 Å². The van der Waals surface area contributed by atoms with Gasteiger partial charge in [0.15, 0.2) is 0 Å². The molecule has 0 aliphatic rings. The molecule has 0 saturated heterocycles. The zero-order chi connectivity index (χ0) is 18.7. The van der Waals surface area contributed by atoms with Crippen LogP contribution in [0.2, 0.25) is 0 Å². The SMILES string of the molecule is CCC(C)Cc1cc(-c2ccccc2C)c(O)c(-c2ccccc2C)c1. The molecule has 134 valence electrons. The van der Waals surface area contributed by atoms with Gasteiger partial charge in [0.1, 0.15) is 5.75 Å². The molecule has 0 bridgehead atoms. The largest absolute Gasteiger partial charge is 0.507 e. The van der Waals surface area contributed by atoms with Gasteiger partial charge in [0.25, 0.3) is 0 Å². The second-order valence-electron chi connectivity index (χ2n) is 7.39. The minimum Gasteiger partial charge on any atom is -0.507 e. The lowest BCUT2D eigenvalue weighted by Gasteiger charge is -2.18. The summed E-state index contributed by atoms with van der Waals surface area (Å²) in [4.78, 5) is 0. The maximum Gasteiger partial charge on any atom is 0.131 e. The van der Waals surface area contributed by atoms with Gasteiger partial charge in [-0.05, 0) is 66.1 Å². The first-order valence-electron chi connectivity index (χ1n) is 9.49. The van der Waals surface area contributed by atoms with Crippen molar-refractivity contribution >= 4 is 0 Å². The van der Waals surface area contributed by atoms with Crippen molar-refractivity contribution in [1.29, 1.82) is 0 Å². The van der Waals surface area contributed by atoms with Gasteiger partial charge in [-0.2, -0.15) is 0 Å². The molecule has 1 nitrogen and oxygen atoms in total. The minimum atomic E-state index is 0.376. The predicted molar refractivity (Wildman–Crippen MR) is 112 cm³/mol. The summed E-state index contributed by atoms with van der Waals surface area (Å²) < 4.78 is 0. The van der Waals surface area contributed by atoms with Crippen LogP contribution in [0.15, 0.2) is 60.7 Å². The second-order valence-corrected chi connectivity index (χ2v) is 7.39. The Morgan fingerprint density at radius 3 is 1.65 bits per heavy atom. The fourth-order valence-corrected chi connectivity index (χ4v) is 3.52. The highest BCUT2D eigenvalue weighted by Crippen LogP contribution is 2.41. The molecule has 3 aromatic carbocycles. The third kappa shape index (κ3) is 3.67. The Balaban J connectivity index is 2.24. The van der Waals surface area contributed by atoms with E-state index in [1.807, 2.05) is 24.3 Å². The van der Waals surface area contributed by atoms with E-state index in [2.05, 4.69) is 64.1 Å². The lowest BCUT2D eigenvalue weighted by atomic mass is 9.88. The van der Waals surface area contributed by atoms with E-state index in [-0.39, 0.29) is 0 Å². The highest BCUT2D eigenvalue weighted by Gasteiger charge is 2.16. The number of hydrogen-bond acceptors (Lipinski definition) is 1. The zero-order valence-corrected chi connectivity index (χ0v) is 16.2. The van der Waals surface area contributed by atoms with E-state index >= 15 is 0 Å². The van der Waals surface area contributed by atoms with Crippen LogP contribution in [-0.2, 0) is 6.42 Å². The van der Waals surface area contributed by atoms with Crippen LogP contribution in [0.3, 0.4) is 0 Å². The van der Waals surface area contributed by atoms with Gasteiger partial charge in [-0.1, -0.05) is 68.8 Å². The van der Waals surface area contributed by atoms with Gasteiger partial charge in [-0.3, -0.25) is 0 Å². The fraction of sp³-hybridized carbons (Fsp3) is 0.280. The summed E-state index contributed by atoms with van der Waals surface area (Å²) in [7, 11) is 0. The summed E-state index contributed by atoms with van der Waals surface area (Å²) in [6.07, 6.45) is 2.18. The van der Waals surface area contributed by atoms with E-state index in [1.165, 1.54) is 16.7 Å². The maximum absolute atomic E-state index is 11.2. The second kappa shape index (κ2) is 7.78. The Bertz CT molecular complexity index is 841. The molecule has 0 amide bonds. The fourth-order valence-electron chi connectivity index (χ4n) is 3.52. The van der Waals surface area contributed by atoms with Gasteiger partial charge in [0.05, 0.1) is 0 Å². The summed E-state index contributed by atoms with van der Waals surface area (Å²) in [6.45, 7) is 8.72. The van der Waals surface area contributed by atoms with Crippen LogP contribution in [0.1, 0.15) is 37.0 Å².